The average molecular weight is 476 g/mol. The lowest BCUT2D eigenvalue weighted by molar-refractivity contribution is -0.147. The van der Waals surface area contributed by atoms with Crippen LogP contribution in [-0.2, 0) is 9.53 Å². The summed E-state index contributed by atoms with van der Waals surface area (Å²) in [6.45, 7) is 3.58. The highest BCUT2D eigenvalue weighted by Gasteiger charge is 2.68. The van der Waals surface area contributed by atoms with Crippen LogP contribution in [0.5, 0.6) is 0 Å². The zero-order valence-corrected chi connectivity index (χ0v) is 18.6. The molecule has 1 amide bonds. The fourth-order valence-corrected chi connectivity index (χ4v) is 5.22. The van der Waals surface area contributed by atoms with E-state index in [9.17, 15) is 13.6 Å². The Labute approximate surface area is 194 Å². The molecule has 7 nitrogen and oxygen atoms in total. The molecule has 0 spiro atoms. The summed E-state index contributed by atoms with van der Waals surface area (Å²) in [5.41, 5.74) is 0.833. The molecule has 2 bridgehead atoms. The number of rotatable bonds is 9. The van der Waals surface area contributed by atoms with E-state index in [4.69, 9.17) is 16.3 Å². The van der Waals surface area contributed by atoms with E-state index in [1.165, 1.54) is 24.5 Å². The summed E-state index contributed by atoms with van der Waals surface area (Å²) in [4.78, 5) is 16.3. The predicted molar refractivity (Wildman–Crippen MR) is 120 cm³/mol. The molecule has 0 saturated heterocycles. The van der Waals surface area contributed by atoms with Gasteiger partial charge >= 0.3 is 0 Å². The molecule has 0 aliphatic heterocycles. The van der Waals surface area contributed by atoms with E-state index >= 15 is 0 Å². The van der Waals surface area contributed by atoms with Crippen LogP contribution in [0, 0.1) is 11.6 Å². The molecule has 1 aromatic carbocycles. The molecule has 4 aliphatic carbocycles. The van der Waals surface area contributed by atoms with Gasteiger partial charge in [-0.2, -0.15) is 5.10 Å². The number of benzene rings is 1. The minimum atomic E-state index is -0.508. The van der Waals surface area contributed by atoms with Crippen LogP contribution in [0.4, 0.5) is 8.78 Å². The van der Waals surface area contributed by atoms with E-state index in [2.05, 4.69) is 27.4 Å². The first kappa shape index (κ1) is 22.0. The standard InChI is InChI=1S/C23H24ClF2N5O2/c1-27-20(14-2-3-18(24)19(26)4-14)8-28-22-11-23(12-22,13-22)30-21(32)10-33-17-5-16(6-17)31-9-15(25)7-29-31/h2-4,7-9,16-17,28H,1,5-6,10-13H2,(H,30,32)/b20-8-. The number of nitrogens with one attached hydrogen (secondary N) is 2. The Hall–Kier alpha value is -2.78. The molecule has 4 saturated carbocycles. The third kappa shape index (κ3) is 4.27. The normalized spacial score (nSPS) is 30.0. The van der Waals surface area contributed by atoms with Crippen molar-refractivity contribution in [1.29, 1.82) is 0 Å². The molecule has 10 heteroatoms. The van der Waals surface area contributed by atoms with E-state index in [0.29, 0.717) is 11.3 Å². The van der Waals surface area contributed by atoms with Gasteiger partial charge < -0.3 is 15.4 Å². The Morgan fingerprint density at radius 2 is 2.09 bits per heavy atom. The molecule has 33 heavy (non-hydrogen) atoms. The van der Waals surface area contributed by atoms with Crippen molar-refractivity contribution >= 4 is 29.9 Å². The zero-order valence-electron chi connectivity index (χ0n) is 17.9. The number of amides is 1. The smallest absolute Gasteiger partial charge is 0.246 e. The van der Waals surface area contributed by atoms with E-state index in [1.54, 1.807) is 16.9 Å². The van der Waals surface area contributed by atoms with Gasteiger partial charge in [-0.3, -0.25) is 14.5 Å². The number of hydrogen-bond acceptors (Lipinski definition) is 5. The molecule has 4 fully saturated rings. The van der Waals surface area contributed by atoms with Crippen molar-refractivity contribution in [3.63, 3.8) is 0 Å². The second-order valence-electron chi connectivity index (χ2n) is 9.30. The first-order valence-electron chi connectivity index (χ1n) is 10.8. The first-order valence-corrected chi connectivity index (χ1v) is 11.2. The van der Waals surface area contributed by atoms with Crippen LogP contribution in [0.25, 0.3) is 5.70 Å². The van der Waals surface area contributed by atoms with Crippen LogP contribution in [-0.4, -0.2) is 46.2 Å². The number of nitrogens with zero attached hydrogens (tertiary/aromatic N) is 3. The third-order valence-electron chi connectivity index (χ3n) is 6.80. The minimum absolute atomic E-state index is 0.0123. The van der Waals surface area contributed by atoms with Crippen molar-refractivity contribution in [2.75, 3.05) is 6.61 Å². The second kappa shape index (κ2) is 8.22. The van der Waals surface area contributed by atoms with Crippen LogP contribution >= 0.6 is 11.6 Å². The highest BCUT2D eigenvalue weighted by atomic mass is 35.5. The lowest BCUT2D eigenvalue weighted by Crippen LogP contribution is -2.82. The predicted octanol–water partition coefficient (Wildman–Crippen LogP) is 3.61. The van der Waals surface area contributed by atoms with Gasteiger partial charge in [0.25, 0.3) is 0 Å². The highest BCUT2D eigenvalue weighted by Crippen LogP contribution is 2.60. The SMILES string of the molecule is C=N/C(=C\NC12CC(NC(=O)COC3CC(n4cc(F)cn4)C3)(C1)C2)c1ccc(Cl)c(F)c1. The first-order chi connectivity index (χ1) is 15.8. The lowest BCUT2D eigenvalue weighted by Gasteiger charge is -2.70. The number of halogens is 3. The molecular weight excluding hydrogens is 452 g/mol. The Bertz CT molecular complexity index is 1110. The number of hydrogen-bond donors (Lipinski definition) is 2. The molecule has 0 radical (unpaired) electrons. The minimum Gasteiger partial charge on any atom is -0.383 e. The number of aliphatic imine (C=N–C) groups is 1. The van der Waals surface area contributed by atoms with Gasteiger partial charge in [0.2, 0.25) is 5.91 Å². The number of ether oxygens (including phenoxy) is 1. The van der Waals surface area contributed by atoms with Crippen molar-refractivity contribution in [1.82, 2.24) is 20.4 Å². The Balaban J connectivity index is 1.04. The van der Waals surface area contributed by atoms with Crippen LogP contribution in [0.3, 0.4) is 0 Å². The summed E-state index contributed by atoms with van der Waals surface area (Å²) >= 11 is 5.74. The second-order valence-corrected chi connectivity index (χ2v) is 9.70. The van der Waals surface area contributed by atoms with Gasteiger partial charge in [-0.15, -0.1) is 0 Å². The molecule has 1 aromatic heterocycles. The summed E-state index contributed by atoms with van der Waals surface area (Å²) in [5, 5.41) is 10.5. The van der Waals surface area contributed by atoms with E-state index in [0.717, 1.165) is 32.1 Å². The van der Waals surface area contributed by atoms with Gasteiger partial charge in [-0.25, -0.2) is 8.78 Å². The van der Waals surface area contributed by atoms with Crippen LogP contribution in [0.15, 0.2) is 41.8 Å². The van der Waals surface area contributed by atoms with Gasteiger partial charge in [-0.1, -0.05) is 17.7 Å². The molecule has 2 aromatic rings. The van der Waals surface area contributed by atoms with Crippen molar-refractivity contribution in [2.24, 2.45) is 4.99 Å². The molecular formula is C23H24ClF2N5O2. The molecule has 174 valence electrons. The molecule has 4 aliphatic rings. The topological polar surface area (TPSA) is 80.5 Å². The number of aromatic nitrogens is 2. The van der Waals surface area contributed by atoms with Gasteiger partial charge in [0, 0.05) is 22.8 Å². The maximum Gasteiger partial charge on any atom is 0.246 e. The van der Waals surface area contributed by atoms with Crippen LogP contribution in [0.1, 0.15) is 43.7 Å². The average Bonchev–Trinajstić information content (AvgIpc) is 3.12. The van der Waals surface area contributed by atoms with Crippen molar-refractivity contribution < 1.29 is 18.3 Å². The summed E-state index contributed by atoms with van der Waals surface area (Å²) in [6, 6.07) is 4.62. The Kier molecular flexibility index (Phi) is 5.49. The maximum absolute atomic E-state index is 13.7. The van der Waals surface area contributed by atoms with E-state index in [-0.39, 0.29) is 46.6 Å². The Morgan fingerprint density at radius 1 is 1.33 bits per heavy atom. The van der Waals surface area contributed by atoms with Crippen molar-refractivity contribution in [3.8, 4) is 0 Å². The summed E-state index contributed by atoms with van der Waals surface area (Å²) < 4.78 is 34.1. The fourth-order valence-electron chi connectivity index (χ4n) is 5.10. The molecule has 0 atom stereocenters. The van der Waals surface area contributed by atoms with Gasteiger partial charge in [0.05, 0.1) is 35.3 Å². The van der Waals surface area contributed by atoms with Crippen LogP contribution < -0.4 is 10.6 Å². The van der Waals surface area contributed by atoms with Gasteiger partial charge in [0.15, 0.2) is 5.82 Å². The van der Waals surface area contributed by atoms with Crippen molar-refractivity contribution in [3.05, 3.63) is 59.0 Å². The quantitative estimate of drug-likeness (QED) is 0.543. The zero-order chi connectivity index (χ0) is 23.2. The third-order valence-corrected chi connectivity index (χ3v) is 7.11. The maximum atomic E-state index is 13.7. The number of carbonyl (C=O) groups excluding carboxylic acids is 1. The lowest BCUT2D eigenvalue weighted by atomic mass is 9.44. The molecule has 6 rings (SSSR count). The van der Waals surface area contributed by atoms with Gasteiger partial charge in [0.1, 0.15) is 12.4 Å². The largest absolute Gasteiger partial charge is 0.383 e. The highest BCUT2D eigenvalue weighted by molar-refractivity contribution is 6.30. The van der Waals surface area contributed by atoms with E-state index in [1.807, 2.05) is 0 Å². The summed E-state index contributed by atoms with van der Waals surface area (Å²) in [5.74, 6) is -0.987. The summed E-state index contributed by atoms with van der Waals surface area (Å²) in [7, 11) is 0. The van der Waals surface area contributed by atoms with E-state index < -0.39 is 5.82 Å². The molecule has 2 N–H and O–H groups in total. The van der Waals surface area contributed by atoms with Gasteiger partial charge in [-0.05, 0) is 51.0 Å². The number of carbonyl (C=O) groups is 1. The monoisotopic (exact) mass is 475 g/mol. The molecule has 1 heterocycles. The Morgan fingerprint density at radius 3 is 2.73 bits per heavy atom. The molecule has 0 unspecified atom stereocenters. The van der Waals surface area contributed by atoms with Crippen LogP contribution in [0.2, 0.25) is 5.02 Å². The van der Waals surface area contributed by atoms with Crippen molar-refractivity contribution in [2.45, 2.75) is 55.3 Å². The fraction of sp³-hybridized carbons (Fsp3) is 0.435. The summed E-state index contributed by atoms with van der Waals surface area (Å²) in [6.07, 6.45) is 8.14.